The van der Waals surface area contributed by atoms with Gasteiger partial charge < -0.3 is 10.1 Å². The lowest BCUT2D eigenvalue weighted by molar-refractivity contribution is 0.302. The molecule has 0 heterocycles. The molecule has 0 radical (unpaired) electrons. The summed E-state index contributed by atoms with van der Waals surface area (Å²) in [6, 6.07) is 16.5. The quantitative estimate of drug-likeness (QED) is 0.409. The molecule has 3 heteroatoms. The molecule has 0 spiro atoms. The van der Waals surface area contributed by atoms with E-state index in [1.165, 1.54) is 49.7 Å². The Balaban J connectivity index is 1.76. The molecule has 2 nitrogen and oxygen atoms in total. The van der Waals surface area contributed by atoms with Gasteiger partial charge in [-0.1, -0.05) is 85.3 Å². The fraction of sp³-hybridized carbons (Fsp3) is 0.455. The van der Waals surface area contributed by atoms with E-state index >= 15 is 0 Å². The number of hydrogen-bond donors (Lipinski definition) is 1. The average Bonchev–Trinajstić information content (AvgIpc) is 2.64. The van der Waals surface area contributed by atoms with E-state index in [9.17, 15) is 0 Å². The minimum absolute atomic E-state index is 0.604. The zero-order valence-corrected chi connectivity index (χ0v) is 16.9. The summed E-state index contributed by atoms with van der Waals surface area (Å²) in [5.41, 5.74) is 2.40. The van der Waals surface area contributed by atoms with E-state index in [1.54, 1.807) is 0 Å². The van der Waals surface area contributed by atoms with Crippen molar-refractivity contribution in [2.75, 3.05) is 6.54 Å². The monoisotopic (exact) mass is 403 g/mol. The number of halogens is 1. The number of rotatable bonds is 12. The maximum absolute atomic E-state index is 6.04. The van der Waals surface area contributed by atoms with Crippen molar-refractivity contribution in [3.8, 4) is 5.75 Å². The number of nitrogens with one attached hydrogen (secondary N) is 1. The molecule has 2 rings (SSSR count). The molecule has 136 valence electrons. The van der Waals surface area contributed by atoms with E-state index in [1.807, 2.05) is 24.3 Å². The zero-order valence-electron chi connectivity index (χ0n) is 15.3. The van der Waals surface area contributed by atoms with Crippen molar-refractivity contribution in [1.82, 2.24) is 5.32 Å². The zero-order chi connectivity index (χ0) is 17.7. The summed E-state index contributed by atoms with van der Waals surface area (Å²) in [5.74, 6) is 0.961. The molecule has 1 N–H and O–H groups in total. The highest BCUT2D eigenvalue weighted by Gasteiger charge is 2.05. The second-order valence-corrected chi connectivity index (χ2v) is 7.39. The van der Waals surface area contributed by atoms with Gasteiger partial charge in [-0.15, -0.1) is 0 Å². The van der Waals surface area contributed by atoms with Crippen molar-refractivity contribution < 1.29 is 4.74 Å². The van der Waals surface area contributed by atoms with Gasteiger partial charge in [-0.05, 0) is 36.7 Å². The van der Waals surface area contributed by atoms with E-state index in [2.05, 4.69) is 52.4 Å². The van der Waals surface area contributed by atoms with Crippen LogP contribution in [-0.4, -0.2) is 6.54 Å². The second kappa shape index (κ2) is 12.1. The van der Waals surface area contributed by atoms with Gasteiger partial charge in [-0.3, -0.25) is 0 Å². The molecule has 0 unspecified atom stereocenters. The lowest BCUT2D eigenvalue weighted by atomic mass is 10.1. The lowest BCUT2D eigenvalue weighted by Crippen LogP contribution is -2.15. The fourth-order valence-corrected chi connectivity index (χ4v) is 3.22. The van der Waals surface area contributed by atoms with Crippen LogP contribution < -0.4 is 10.1 Å². The Morgan fingerprint density at radius 3 is 2.48 bits per heavy atom. The molecule has 0 saturated heterocycles. The first-order chi connectivity index (χ1) is 12.3. The van der Waals surface area contributed by atoms with Gasteiger partial charge in [0.15, 0.2) is 0 Å². The summed E-state index contributed by atoms with van der Waals surface area (Å²) in [4.78, 5) is 0. The molecule has 2 aromatic carbocycles. The van der Waals surface area contributed by atoms with Gasteiger partial charge in [-0.25, -0.2) is 0 Å². The number of ether oxygens (including phenoxy) is 1. The van der Waals surface area contributed by atoms with E-state index < -0.39 is 0 Å². The molecule has 2 aromatic rings. The SMILES string of the molecule is CCCCCCCCNCc1cc(Br)ccc1OCc1ccccc1. The van der Waals surface area contributed by atoms with E-state index in [-0.39, 0.29) is 0 Å². The molecule has 25 heavy (non-hydrogen) atoms. The van der Waals surface area contributed by atoms with Gasteiger partial charge >= 0.3 is 0 Å². The maximum atomic E-state index is 6.04. The molecular weight excluding hydrogens is 374 g/mol. The summed E-state index contributed by atoms with van der Waals surface area (Å²) in [5, 5.41) is 3.56. The largest absolute Gasteiger partial charge is 0.489 e. The van der Waals surface area contributed by atoms with Crippen molar-refractivity contribution in [2.24, 2.45) is 0 Å². The Morgan fingerprint density at radius 2 is 1.68 bits per heavy atom. The Labute approximate surface area is 161 Å². The minimum atomic E-state index is 0.604. The predicted molar refractivity (Wildman–Crippen MR) is 110 cm³/mol. The van der Waals surface area contributed by atoms with Crippen LogP contribution in [0.2, 0.25) is 0 Å². The first-order valence-corrected chi connectivity index (χ1v) is 10.2. The maximum Gasteiger partial charge on any atom is 0.124 e. The van der Waals surface area contributed by atoms with Crippen LogP contribution in [0.5, 0.6) is 5.75 Å². The van der Waals surface area contributed by atoms with E-state index in [0.29, 0.717) is 6.61 Å². The Morgan fingerprint density at radius 1 is 0.920 bits per heavy atom. The molecule has 0 saturated carbocycles. The lowest BCUT2D eigenvalue weighted by Gasteiger charge is -2.13. The predicted octanol–water partition coefficient (Wildman–Crippen LogP) is 6.48. The van der Waals surface area contributed by atoms with Crippen molar-refractivity contribution in [2.45, 2.75) is 58.6 Å². The van der Waals surface area contributed by atoms with Gasteiger partial charge in [-0.2, -0.15) is 0 Å². The first kappa shape index (κ1) is 20.0. The van der Waals surface area contributed by atoms with Crippen LogP contribution in [0.3, 0.4) is 0 Å². The smallest absolute Gasteiger partial charge is 0.124 e. The molecule has 0 aromatic heterocycles. The minimum Gasteiger partial charge on any atom is -0.489 e. The Kier molecular flexibility index (Phi) is 9.68. The van der Waals surface area contributed by atoms with Crippen LogP contribution >= 0.6 is 15.9 Å². The molecular formula is C22H30BrNO. The fourth-order valence-electron chi connectivity index (χ4n) is 2.82. The summed E-state index contributed by atoms with van der Waals surface area (Å²) in [7, 11) is 0. The van der Waals surface area contributed by atoms with Gasteiger partial charge in [0.25, 0.3) is 0 Å². The summed E-state index contributed by atoms with van der Waals surface area (Å²) in [6.07, 6.45) is 7.98. The van der Waals surface area contributed by atoms with Crippen LogP contribution in [0.25, 0.3) is 0 Å². The van der Waals surface area contributed by atoms with Crippen LogP contribution in [0.4, 0.5) is 0 Å². The highest BCUT2D eigenvalue weighted by atomic mass is 79.9. The molecule has 0 fully saturated rings. The molecule has 0 bridgehead atoms. The van der Waals surface area contributed by atoms with Crippen molar-refractivity contribution >= 4 is 15.9 Å². The molecule has 0 atom stereocenters. The molecule has 0 aliphatic carbocycles. The topological polar surface area (TPSA) is 21.3 Å². The van der Waals surface area contributed by atoms with Gasteiger partial charge in [0.05, 0.1) is 0 Å². The molecule has 0 aliphatic heterocycles. The van der Waals surface area contributed by atoms with Gasteiger partial charge in [0, 0.05) is 16.6 Å². The second-order valence-electron chi connectivity index (χ2n) is 6.47. The van der Waals surface area contributed by atoms with Crippen LogP contribution in [0.15, 0.2) is 53.0 Å². The summed E-state index contributed by atoms with van der Waals surface area (Å²) in [6.45, 7) is 4.78. The summed E-state index contributed by atoms with van der Waals surface area (Å²) >= 11 is 3.57. The third-order valence-electron chi connectivity index (χ3n) is 4.28. The third kappa shape index (κ3) is 8.06. The van der Waals surface area contributed by atoms with Gasteiger partial charge in [0.2, 0.25) is 0 Å². The van der Waals surface area contributed by atoms with E-state index in [0.717, 1.165) is 23.3 Å². The Hall–Kier alpha value is -1.32. The standard InChI is InChI=1S/C22H30BrNO/c1-2-3-4-5-6-10-15-24-17-20-16-21(23)13-14-22(20)25-18-19-11-8-7-9-12-19/h7-9,11-14,16,24H,2-6,10,15,17-18H2,1H3. The van der Waals surface area contributed by atoms with Crippen molar-refractivity contribution in [3.05, 3.63) is 64.1 Å². The van der Waals surface area contributed by atoms with Crippen LogP contribution in [-0.2, 0) is 13.2 Å². The van der Waals surface area contributed by atoms with Crippen molar-refractivity contribution in [3.63, 3.8) is 0 Å². The number of unbranched alkanes of at least 4 members (excludes halogenated alkanes) is 5. The normalized spacial score (nSPS) is 10.8. The summed E-state index contributed by atoms with van der Waals surface area (Å²) < 4.78 is 7.13. The average molecular weight is 404 g/mol. The molecule has 0 amide bonds. The van der Waals surface area contributed by atoms with Crippen LogP contribution in [0.1, 0.15) is 56.6 Å². The van der Waals surface area contributed by atoms with E-state index in [4.69, 9.17) is 4.74 Å². The third-order valence-corrected chi connectivity index (χ3v) is 4.78. The number of benzene rings is 2. The van der Waals surface area contributed by atoms with Crippen LogP contribution in [0, 0.1) is 0 Å². The van der Waals surface area contributed by atoms with Gasteiger partial charge in [0.1, 0.15) is 12.4 Å². The highest BCUT2D eigenvalue weighted by Crippen LogP contribution is 2.24. The highest BCUT2D eigenvalue weighted by molar-refractivity contribution is 9.10. The number of hydrogen-bond acceptors (Lipinski definition) is 2. The van der Waals surface area contributed by atoms with Crippen molar-refractivity contribution in [1.29, 1.82) is 0 Å². The molecule has 0 aliphatic rings. The Bertz CT molecular complexity index is 600. The first-order valence-electron chi connectivity index (χ1n) is 9.45.